The molecule has 0 aliphatic carbocycles. The normalized spacial score (nSPS) is 21.2. The Kier molecular flexibility index (Phi) is 8.94. The molecule has 0 spiro atoms. The van der Waals surface area contributed by atoms with Crippen LogP contribution in [0.3, 0.4) is 0 Å². The van der Waals surface area contributed by atoms with Gasteiger partial charge in [0.1, 0.15) is 18.1 Å². The molecule has 1 saturated heterocycles. The Morgan fingerprint density at radius 2 is 1.84 bits per heavy atom. The zero-order chi connectivity index (χ0) is 22.9. The van der Waals surface area contributed by atoms with E-state index in [9.17, 15) is 4.79 Å². The highest BCUT2D eigenvalue weighted by Crippen LogP contribution is 2.39. The van der Waals surface area contributed by atoms with E-state index in [-0.39, 0.29) is 23.8 Å². The Labute approximate surface area is 191 Å². The Morgan fingerprint density at radius 3 is 2.53 bits per heavy atom. The number of carbonyl (C=O) groups is 1. The van der Waals surface area contributed by atoms with Crippen molar-refractivity contribution in [3.8, 4) is 11.5 Å². The number of piperidine rings is 1. The third-order valence-corrected chi connectivity index (χ3v) is 6.20. The molecule has 0 saturated carbocycles. The smallest absolute Gasteiger partial charge is 0.311 e. The van der Waals surface area contributed by atoms with Gasteiger partial charge in [0.25, 0.3) is 0 Å². The van der Waals surface area contributed by atoms with E-state index in [1.54, 1.807) is 14.2 Å². The third-order valence-electron chi connectivity index (χ3n) is 6.20. The highest BCUT2D eigenvalue weighted by molar-refractivity contribution is 5.75. The number of ether oxygens (including phenoxy) is 4. The second-order valence-corrected chi connectivity index (χ2v) is 8.15. The van der Waals surface area contributed by atoms with Crippen LogP contribution in [0.4, 0.5) is 0 Å². The lowest BCUT2D eigenvalue weighted by Crippen LogP contribution is -2.49. The van der Waals surface area contributed by atoms with E-state index in [0.717, 1.165) is 36.6 Å². The van der Waals surface area contributed by atoms with Crippen LogP contribution >= 0.6 is 0 Å². The fourth-order valence-corrected chi connectivity index (χ4v) is 4.49. The molecule has 0 aromatic heterocycles. The molecule has 1 fully saturated rings. The predicted octanol–water partition coefficient (Wildman–Crippen LogP) is 4.28. The van der Waals surface area contributed by atoms with Crippen molar-refractivity contribution in [2.75, 3.05) is 40.6 Å². The first-order valence-corrected chi connectivity index (χ1v) is 11.3. The lowest BCUT2D eigenvalue weighted by atomic mass is 9.76. The fourth-order valence-electron chi connectivity index (χ4n) is 4.49. The standard InChI is InChI=1S/C26H35NO5/c1-5-31-26(28)25-19(2)27(18-20-9-11-22(30-4)12-10-20)14-13-24(25)21-7-6-8-23(17-21)32-16-15-29-3/h6-12,17,19,24-25H,5,13-16,18H2,1-4H3/t19-,24+,25+/m0/s1. The molecule has 1 heterocycles. The van der Waals surface area contributed by atoms with Crippen molar-refractivity contribution in [2.24, 2.45) is 5.92 Å². The summed E-state index contributed by atoms with van der Waals surface area (Å²) < 4.78 is 21.7. The molecular weight excluding hydrogens is 406 g/mol. The minimum Gasteiger partial charge on any atom is -0.497 e. The van der Waals surface area contributed by atoms with E-state index >= 15 is 0 Å². The van der Waals surface area contributed by atoms with Crippen LogP contribution in [0.25, 0.3) is 0 Å². The average Bonchev–Trinajstić information content (AvgIpc) is 2.81. The Bertz CT molecular complexity index is 854. The molecule has 2 aromatic carbocycles. The van der Waals surface area contributed by atoms with Crippen LogP contribution in [0.5, 0.6) is 11.5 Å². The van der Waals surface area contributed by atoms with Gasteiger partial charge in [0.05, 0.1) is 26.2 Å². The minimum absolute atomic E-state index is 0.0490. The first kappa shape index (κ1) is 24.1. The first-order valence-electron chi connectivity index (χ1n) is 11.3. The zero-order valence-corrected chi connectivity index (χ0v) is 19.6. The molecule has 32 heavy (non-hydrogen) atoms. The fraction of sp³-hybridized carbons (Fsp3) is 0.500. The van der Waals surface area contributed by atoms with E-state index in [1.165, 1.54) is 5.56 Å². The molecule has 174 valence electrons. The molecule has 3 atom stereocenters. The van der Waals surface area contributed by atoms with Crippen LogP contribution in [0.2, 0.25) is 0 Å². The van der Waals surface area contributed by atoms with Gasteiger partial charge in [0.2, 0.25) is 0 Å². The van der Waals surface area contributed by atoms with Crippen molar-refractivity contribution in [1.29, 1.82) is 0 Å². The van der Waals surface area contributed by atoms with Crippen LogP contribution in [0.15, 0.2) is 48.5 Å². The van der Waals surface area contributed by atoms with Crippen molar-refractivity contribution in [1.82, 2.24) is 4.90 Å². The summed E-state index contributed by atoms with van der Waals surface area (Å²) in [6, 6.07) is 16.2. The van der Waals surface area contributed by atoms with Crippen molar-refractivity contribution < 1.29 is 23.7 Å². The number of hydrogen-bond donors (Lipinski definition) is 0. The monoisotopic (exact) mass is 441 g/mol. The number of methoxy groups -OCH3 is 2. The molecule has 3 rings (SSSR count). The SMILES string of the molecule is CCOC(=O)[C@H]1[C@@H](c2cccc(OCCOC)c2)CCN(Cc2ccc(OC)cc2)[C@H]1C. The van der Waals surface area contributed by atoms with Crippen molar-refractivity contribution in [3.63, 3.8) is 0 Å². The summed E-state index contributed by atoms with van der Waals surface area (Å²) in [5.41, 5.74) is 2.32. The molecular formula is C26H35NO5. The number of benzene rings is 2. The molecule has 1 aliphatic rings. The van der Waals surface area contributed by atoms with Crippen molar-refractivity contribution in [2.45, 2.75) is 38.8 Å². The molecule has 0 bridgehead atoms. The molecule has 2 aromatic rings. The minimum atomic E-state index is -0.240. The van der Waals surface area contributed by atoms with Gasteiger partial charge in [0.15, 0.2) is 0 Å². The van der Waals surface area contributed by atoms with E-state index in [0.29, 0.717) is 19.8 Å². The summed E-state index contributed by atoms with van der Waals surface area (Å²) in [6.07, 6.45) is 0.880. The zero-order valence-electron chi connectivity index (χ0n) is 19.6. The van der Waals surface area contributed by atoms with Gasteiger partial charge in [-0.3, -0.25) is 9.69 Å². The van der Waals surface area contributed by atoms with Crippen molar-refractivity contribution >= 4 is 5.97 Å². The highest BCUT2D eigenvalue weighted by Gasteiger charge is 2.41. The van der Waals surface area contributed by atoms with E-state index in [4.69, 9.17) is 18.9 Å². The average molecular weight is 442 g/mol. The number of nitrogens with zero attached hydrogens (tertiary/aromatic N) is 1. The molecule has 6 heteroatoms. The van der Waals surface area contributed by atoms with Crippen LogP contribution < -0.4 is 9.47 Å². The van der Waals surface area contributed by atoms with E-state index in [1.807, 2.05) is 31.2 Å². The van der Waals surface area contributed by atoms with Gasteiger partial charge in [-0.25, -0.2) is 0 Å². The molecule has 0 radical (unpaired) electrons. The summed E-state index contributed by atoms with van der Waals surface area (Å²) in [5, 5.41) is 0. The molecule has 0 amide bonds. The Hall–Kier alpha value is -2.57. The first-order chi connectivity index (χ1) is 15.6. The molecule has 1 aliphatic heterocycles. The lowest BCUT2D eigenvalue weighted by Gasteiger charge is -2.43. The number of esters is 1. The second kappa shape index (κ2) is 11.9. The predicted molar refractivity (Wildman–Crippen MR) is 124 cm³/mol. The maximum atomic E-state index is 13.1. The summed E-state index contributed by atoms with van der Waals surface area (Å²) in [6.45, 7) is 7.11. The van der Waals surface area contributed by atoms with Crippen LogP contribution in [-0.2, 0) is 20.8 Å². The largest absolute Gasteiger partial charge is 0.497 e. The van der Waals surface area contributed by atoms with Gasteiger partial charge >= 0.3 is 5.97 Å². The third kappa shape index (κ3) is 6.02. The van der Waals surface area contributed by atoms with Gasteiger partial charge in [-0.15, -0.1) is 0 Å². The van der Waals surface area contributed by atoms with Crippen molar-refractivity contribution in [3.05, 3.63) is 59.7 Å². The number of carbonyl (C=O) groups excluding carboxylic acids is 1. The molecule has 0 unspecified atom stereocenters. The number of rotatable bonds is 10. The summed E-state index contributed by atoms with van der Waals surface area (Å²) in [5.74, 6) is 1.36. The van der Waals surface area contributed by atoms with E-state index < -0.39 is 0 Å². The van der Waals surface area contributed by atoms with Gasteiger partial charge < -0.3 is 18.9 Å². The van der Waals surface area contributed by atoms with E-state index in [2.05, 4.69) is 36.1 Å². The van der Waals surface area contributed by atoms with Crippen LogP contribution in [0, 0.1) is 5.92 Å². The number of likely N-dealkylation sites (tertiary alicyclic amines) is 1. The maximum Gasteiger partial charge on any atom is 0.311 e. The maximum absolute atomic E-state index is 13.1. The van der Waals surface area contributed by atoms with Gasteiger partial charge in [-0.05, 0) is 62.2 Å². The Balaban J connectivity index is 1.79. The lowest BCUT2D eigenvalue weighted by molar-refractivity contribution is -0.153. The molecule has 6 nitrogen and oxygen atoms in total. The molecule has 0 N–H and O–H groups in total. The van der Waals surface area contributed by atoms with Gasteiger partial charge in [0, 0.05) is 25.6 Å². The Morgan fingerprint density at radius 1 is 1.06 bits per heavy atom. The second-order valence-electron chi connectivity index (χ2n) is 8.15. The summed E-state index contributed by atoms with van der Waals surface area (Å²) >= 11 is 0. The van der Waals surface area contributed by atoms with Crippen LogP contribution in [0.1, 0.15) is 37.3 Å². The van der Waals surface area contributed by atoms with Crippen LogP contribution in [-0.4, -0.2) is 57.5 Å². The highest BCUT2D eigenvalue weighted by atomic mass is 16.5. The summed E-state index contributed by atoms with van der Waals surface area (Å²) in [7, 11) is 3.33. The van der Waals surface area contributed by atoms with Gasteiger partial charge in [-0.1, -0.05) is 24.3 Å². The topological polar surface area (TPSA) is 57.2 Å². The van der Waals surface area contributed by atoms with Gasteiger partial charge in [-0.2, -0.15) is 0 Å². The number of hydrogen-bond acceptors (Lipinski definition) is 6. The summed E-state index contributed by atoms with van der Waals surface area (Å²) in [4.78, 5) is 15.4. The quantitative estimate of drug-likeness (QED) is 0.405.